The average Bonchev–Trinajstić information content (AvgIpc) is 3.23. The molecule has 0 spiro atoms. The summed E-state index contributed by atoms with van der Waals surface area (Å²) >= 11 is 0. The Balaban J connectivity index is 1.79. The fraction of sp³-hybridized carbons (Fsp3) is 0.0769. The van der Waals surface area contributed by atoms with Crippen molar-refractivity contribution in [3.05, 3.63) is 83.2 Å². The average molecular weight is 426 g/mol. The SMILES string of the molecule is COc1cccc2cc(-c3cc(=O)oc4cc(-c5ccccc5)c(OC(C)=O)cc34)oc12. The predicted octanol–water partition coefficient (Wildman–Crippen LogP) is 5.81. The second-order valence-corrected chi connectivity index (χ2v) is 7.27. The molecule has 0 amide bonds. The van der Waals surface area contributed by atoms with Crippen LogP contribution in [0, 0.1) is 0 Å². The van der Waals surface area contributed by atoms with Crippen LogP contribution in [0.15, 0.2) is 86.4 Å². The van der Waals surface area contributed by atoms with Gasteiger partial charge in [-0.1, -0.05) is 42.5 Å². The number of furan rings is 1. The molecule has 3 aromatic carbocycles. The molecular weight excluding hydrogens is 408 g/mol. The van der Waals surface area contributed by atoms with Gasteiger partial charge in [-0.2, -0.15) is 0 Å². The number of fused-ring (bicyclic) bond motifs is 2. The van der Waals surface area contributed by atoms with Crippen LogP contribution in [-0.2, 0) is 4.79 Å². The zero-order valence-electron chi connectivity index (χ0n) is 17.4. The number of benzene rings is 3. The van der Waals surface area contributed by atoms with Crippen molar-refractivity contribution in [2.45, 2.75) is 6.92 Å². The first-order valence-corrected chi connectivity index (χ1v) is 9.96. The van der Waals surface area contributed by atoms with Crippen molar-refractivity contribution in [1.29, 1.82) is 0 Å². The third kappa shape index (κ3) is 3.41. The van der Waals surface area contributed by atoms with Crippen LogP contribution < -0.4 is 15.1 Å². The topological polar surface area (TPSA) is 78.9 Å². The van der Waals surface area contributed by atoms with Gasteiger partial charge in [0.25, 0.3) is 0 Å². The number of carbonyl (C=O) groups excluding carboxylic acids is 1. The molecule has 0 atom stereocenters. The zero-order chi connectivity index (χ0) is 22.2. The number of carbonyl (C=O) groups is 1. The minimum absolute atomic E-state index is 0.356. The number of rotatable bonds is 4. The molecule has 0 saturated carbocycles. The van der Waals surface area contributed by atoms with Gasteiger partial charge in [-0.25, -0.2) is 4.79 Å². The summed E-state index contributed by atoms with van der Waals surface area (Å²) in [6.07, 6.45) is 0. The Hall–Kier alpha value is -4.32. The Morgan fingerprint density at radius 1 is 0.844 bits per heavy atom. The van der Waals surface area contributed by atoms with Gasteiger partial charge in [0.1, 0.15) is 17.1 Å². The van der Waals surface area contributed by atoms with Gasteiger partial charge < -0.3 is 18.3 Å². The first-order chi connectivity index (χ1) is 15.5. The van der Waals surface area contributed by atoms with Crippen molar-refractivity contribution in [3.63, 3.8) is 0 Å². The van der Waals surface area contributed by atoms with E-state index in [1.807, 2.05) is 48.5 Å². The summed E-state index contributed by atoms with van der Waals surface area (Å²) in [6.45, 7) is 1.34. The first kappa shape index (κ1) is 19.6. The van der Waals surface area contributed by atoms with Crippen LogP contribution in [-0.4, -0.2) is 13.1 Å². The van der Waals surface area contributed by atoms with Gasteiger partial charge in [-0.15, -0.1) is 0 Å². The van der Waals surface area contributed by atoms with Crippen LogP contribution in [0.3, 0.4) is 0 Å². The van der Waals surface area contributed by atoms with E-state index in [1.54, 1.807) is 25.3 Å². The molecule has 6 heteroatoms. The maximum Gasteiger partial charge on any atom is 0.336 e. The van der Waals surface area contributed by atoms with E-state index in [9.17, 15) is 9.59 Å². The summed E-state index contributed by atoms with van der Waals surface area (Å²) in [4.78, 5) is 24.2. The lowest BCUT2D eigenvalue weighted by molar-refractivity contribution is -0.131. The van der Waals surface area contributed by atoms with Gasteiger partial charge in [-0.3, -0.25) is 4.79 Å². The van der Waals surface area contributed by atoms with E-state index in [0.717, 1.165) is 10.9 Å². The van der Waals surface area contributed by atoms with Crippen molar-refractivity contribution in [1.82, 2.24) is 0 Å². The smallest absolute Gasteiger partial charge is 0.336 e. The number of hydrogen-bond acceptors (Lipinski definition) is 6. The Kier molecular flexibility index (Phi) is 4.75. The second kappa shape index (κ2) is 7.74. The van der Waals surface area contributed by atoms with Crippen molar-refractivity contribution >= 4 is 27.9 Å². The largest absolute Gasteiger partial charge is 0.493 e. The van der Waals surface area contributed by atoms with Crippen molar-refractivity contribution in [2.75, 3.05) is 7.11 Å². The van der Waals surface area contributed by atoms with Gasteiger partial charge in [0.2, 0.25) is 0 Å². The van der Waals surface area contributed by atoms with Gasteiger partial charge in [0.05, 0.1) is 7.11 Å². The molecule has 0 saturated heterocycles. The Labute approximate surface area is 182 Å². The van der Waals surface area contributed by atoms with Gasteiger partial charge in [0.15, 0.2) is 11.3 Å². The lowest BCUT2D eigenvalue weighted by Gasteiger charge is -2.12. The molecule has 0 aliphatic carbocycles. The maximum absolute atomic E-state index is 12.4. The van der Waals surface area contributed by atoms with Gasteiger partial charge in [-0.05, 0) is 29.8 Å². The number of methoxy groups -OCH3 is 1. The van der Waals surface area contributed by atoms with Crippen LogP contribution in [0.4, 0.5) is 0 Å². The zero-order valence-corrected chi connectivity index (χ0v) is 17.4. The molecule has 32 heavy (non-hydrogen) atoms. The quantitative estimate of drug-likeness (QED) is 0.205. The molecule has 6 nitrogen and oxygen atoms in total. The normalized spacial score (nSPS) is 11.1. The van der Waals surface area contributed by atoms with Crippen LogP contribution >= 0.6 is 0 Å². The van der Waals surface area contributed by atoms with Crippen LogP contribution in [0.25, 0.3) is 44.4 Å². The van der Waals surface area contributed by atoms with Gasteiger partial charge in [0, 0.05) is 34.9 Å². The fourth-order valence-corrected chi connectivity index (χ4v) is 3.80. The highest BCUT2D eigenvalue weighted by Crippen LogP contribution is 2.40. The molecule has 5 aromatic rings. The maximum atomic E-state index is 12.4. The molecule has 158 valence electrons. The first-order valence-electron chi connectivity index (χ1n) is 9.96. The molecule has 0 fully saturated rings. The molecule has 0 bridgehead atoms. The van der Waals surface area contributed by atoms with Gasteiger partial charge >= 0.3 is 11.6 Å². The van der Waals surface area contributed by atoms with E-state index in [-0.39, 0.29) is 0 Å². The molecule has 0 N–H and O–H groups in total. The highest BCUT2D eigenvalue weighted by atomic mass is 16.5. The predicted molar refractivity (Wildman–Crippen MR) is 121 cm³/mol. The standard InChI is InChI=1S/C26H18O6/c1-15(27)30-23-13-19-20(22-11-17-9-6-10-21(29-2)26(17)32-22)14-25(28)31-24(19)12-18(23)16-7-4-3-5-8-16/h3-14H,1-2H3. The van der Waals surface area contributed by atoms with E-state index < -0.39 is 11.6 Å². The van der Waals surface area contributed by atoms with E-state index in [0.29, 0.717) is 44.9 Å². The Morgan fingerprint density at radius 2 is 1.66 bits per heavy atom. The molecule has 0 aliphatic heterocycles. The van der Waals surface area contributed by atoms with Crippen LogP contribution in [0.2, 0.25) is 0 Å². The monoisotopic (exact) mass is 426 g/mol. The van der Waals surface area contributed by atoms with Crippen molar-refractivity contribution < 1.29 is 23.1 Å². The fourth-order valence-electron chi connectivity index (χ4n) is 3.80. The molecule has 0 radical (unpaired) electrons. The Morgan fingerprint density at radius 3 is 2.41 bits per heavy atom. The van der Waals surface area contributed by atoms with E-state index in [2.05, 4.69) is 0 Å². The highest BCUT2D eigenvalue weighted by molar-refractivity contribution is 5.99. The third-order valence-electron chi connectivity index (χ3n) is 5.18. The molecule has 0 aliphatic rings. The van der Waals surface area contributed by atoms with Crippen LogP contribution in [0.1, 0.15) is 6.92 Å². The number of esters is 1. The van der Waals surface area contributed by atoms with Crippen molar-refractivity contribution in [2.24, 2.45) is 0 Å². The minimum atomic E-state index is -0.515. The second-order valence-electron chi connectivity index (χ2n) is 7.27. The summed E-state index contributed by atoms with van der Waals surface area (Å²) in [5, 5.41) is 1.42. The molecule has 2 aromatic heterocycles. The molecule has 2 heterocycles. The van der Waals surface area contributed by atoms with E-state index in [4.69, 9.17) is 18.3 Å². The highest BCUT2D eigenvalue weighted by Gasteiger charge is 2.18. The lowest BCUT2D eigenvalue weighted by Crippen LogP contribution is -2.04. The molecular formula is C26H18O6. The molecule has 5 rings (SSSR count). The number of hydrogen-bond donors (Lipinski definition) is 0. The molecule has 0 unspecified atom stereocenters. The summed E-state index contributed by atoms with van der Waals surface area (Å²) in [5.41, 5.74) is 2.41. The van der Waals surface area contributed by atoms with Crippen LogP contribution in [0.5, 0.6) is 11.5 Å². The van der Waals surface area contributed by atoms with E-state index >= 15 is 0 Å². The van der Waals surface area contributed by atoms with E-state index in [1.165, 1.54) is 13.0 Å². The number of ether oxygens (including phenoxy) is 2. The number of para-hydroxylation sites is 1. The summed E-state index contributed by atoms with van der Waals surface area (Å²) in [7, 11) is 1.57. The summed E-state index contributed by atoms with van der Waals surface area (Å²) in [6, 6.07) is 21.6. The third-order valence-corrected chi connectivity index (χ3v) is 5.18. The summed E-state index contributed by atoms with van der Waals surface area (Å²) in [5.74, 6) is 0.977. The summed E-state index contributed by atoms with van der Waals surface area (Å²) < 4.78 is 22.5. The Bertz CT molecular complexity index is 1530. The minimum Gasteiger partial charge on any atom is -0.493 e. The lowest BCUT2D eigenvalue weighted by atomic mass is 10.00. The van der Waals surface area contributed by atoms with Crippen molar-refractivity contribution in [3.8, 4) is 33.9 Å².